The maximum Gasteiger partial charge on any atom is 0.0480 e. The summed E-state index contributed by atoms with van der Waals surface area (Å²) in [6.45, 7) is 7.47. The summed E-state index contributed by atoms with van der Waals surface area (Å²) in [7, 11) is 3.75. The lowest BCUT2D eigenvalue weighted by atomic mass is 10.0. The first-order chi connectivity index (χ1) is 7.24. The predicted molar refractivity (Wildman–Crippen MR) is 71.2 cm³/mol. The van der Waals surface area contributed by atoms with Gasteiger partial charge in [-0.25, -0.2) is 0 Å². The summed E-state index contributed by atoms with van der Waals surface area (Å²) in [4.78, 5) is 0. The van der Waals surface area contributed by atoms with Gasteiger partial charge in [0.1, 0.15) is 0 Å². The molecule has 0 fully saturated rings. The van der Waals surface area contributed by atoms with Gasteiger partial charge < -0.3 is 5.32 Å². The van der Waals surface area contributed by atoms with Crippen LogP contribution in [0.3, 0.4) is 0 Å². The van der Waals surface area contributed by atoms with Crippen LogP contribution in [0.2, 0.25) is 0 Å². The van der Waals surface area contributed by atoms with Crippen LogP contribution in [-0.4, -0.2) is 14.1 Å². The first-order valence-corrected chi connectivity index (χ1v) is 5.29. The Morgan fingerprint density at radius 3 is 2.27 bits per heavy atom. The molecular formula is C13H18ClN. The molecule has 1 aromatic carbocycles. The third kappa shape index (κ3) is 4.32. The van der Waals surface area contributed by atoms with Gasteiger partial charge >= 0.3 is 0 Å². The van der Waals surface area contributed by atoms with Crippen molar-refractivity contribution in [2.75, 3.05) is 14.1 Å². The van der Waals surface area contributed by atoms with Crippen molar-refractivity contribution in [2.45, 2.75) is 5.88 Å². The number of benzene rings is 1. The topological polar surface area (TPSA) is 12.0 Å². The molecule has 1 aromatic rings. The molecule has 0 heterocycles. The van der Waals surface area contributed by atoms with Gasteiger partial charge in [0, 0.05) is 5.88 Å². The molecule has 0 saturated heterocycles. The summed E-state index contributed by atoms with van der Waals surface area (Å²) < 4.78 is 0. The monoisotopic (exact) mass is 223 g/mol. The van der Waals surface area contributed by atoms with Crippen LogP contribution >= 0.6 is 11.6 Å². The molecule has 0 amide bonds. The van der Waals surface area contributed by atoms with Gasteiger partial charge in [0.2, 0.25) is 0 Å². The lowest BCUT2D eigenvalue weighted by Crippen LogP contribution is -1.89. The van der Waals surface area contributed by atoms with Crippen LogP contribution in [0.4, 0.5) is 0 Å². The summed E-state index contributed by atoms with van der Waals surface area (Å²) in [6, 6.07) is 5.97. The number of nitrogens with one attached hydrogen (secondary N) is 1. The molecule has 0 aliphatic rings. The van der Waals surface area contributed by atoms with Crippen molar-refractivity contribution in [1.82, 2.24) is 5.32 Å². The maximum absolute atomic E-state index is 5.76. The average molecular weight is 224 g/mol. The fourth-order valence-corrected chi connectivity index (χ4v) is 1.41. The van der Waals surface area contributed by atoms with E-state index in [-0.39, 0.29) is 0 Å². The van der Waals surface area contributed by atoms with E-state index >= 15 is 0 Å². The van der Waals surface area contributed by atoms with E-state index in [1.165, 1.54) is 0 Å². The molecule has 0 spiro atoms. The van der Waals surface area contributed by atoms with Gasteiger partial charge in [-0.05, 0) is 30.8 Å². The maximum atomic E-state index is 5.76. The molecule has 82 valence electrons. The molecule has 1 N–H and O–H groups in total. The van der Waals surface area contributed by atoms with Crippen LogP contribution in [0, 0.1) is 0 Å². The van der Waals surface area contributed by atoms with Crippen molar-refractivity contribution in [3.8, 4) is 0 Å². The molecule has 0 radical (unpaired) electrons. The van der Waals surface area contributed by atoms with Crippen LogP contribution in [0.5, 0.6) is 0 Å². The van der Waals surface area contributed by atoms with Crippen LogP contribution in [0.25, 0.3) is 12.2 Å². The number of halogens is 1. The van der Waals surface area contributed by atoms with Crippen LogP contribution in [0.1, 0.15) is 16.7 Å². The Morgan fingerprint density at radius 1 is 1.27 bits per heavy atom. The second-order valence-corrected chi connectivity index (χ2v) is 3.23. The first-order valence-electron chi connectivity index (χ1n) is 4.76. The summed E-state index contributed by atoms with van der Waals surface area (Å²) in [5.41, 5.74) is 3.27. The van der Waals surface area contributed by atoms with E-state index in [9.17, 15) is 0 Å². The lowest BCUT2D eigenvalue weighted by Gasteiger charge is -2.05. The molecule has 0 aromatic heterocycles. The Bertz CT molecular complexity index is 318. The van der Waals surface area contributed by atoms with E-state index in [0.717, 1.165) is 16.7 Å². The molecular weight excluding hydrogens is 206 g/mol. The Hall–Kier alpha value is -1.05. The molecule has 2 heteroatoms. The molecule has 0 saturated carbocycles. The van der Waals surface area contributed by atoms with E-state index in [1.807, 2.05) is 44.4 Å². The minimum atomic E-state index is 0.517. The van der Waals surface area contributed by atoms with Crippen molar-refractivity contribution in [2.24, 2.45) is 0 Å². The van der Waals surface area contributed by atoms with Crippen molar-refractivity contribution in [1.29, 1.82) is 0 Å². The molecule has 15 heavy (non-hydrogen) atoms. The highest BCUT2D eigenvalue weighted by Gasteiger charge is 2.00. The third-order valence-corrected chi connectivity index (χ3v) is 2.09. The molecule has 0 bridgehead atoms. The van der Waals surface area contributed by atoms with Gasteiger partial charge in [0.05, 0.1) is 0 Å². The fourth-order valence-electron chi connectivity index (χ4n) is 1.18. The minimum absolute atomic E-state index is 0.517. The number of hydrogen-bond acceptors (Lipinski definition) is 1. The van der Waals surface area contributed by atoms with Gasteiger partial charge in [0.25, 0.3) is 0 Å². The molecule has 0 unspecified atom stereocenters. The molecule has 0 aliphatic heterocycles. The van der Waals surface area contributed by atoms with Gasteiger partial charge in [-0.1, -0.05) is 43.5 Å². The first kappa shape index (κ1) is 13.9. The van der Waals surface area contributed by atoms with Crippen LogP contribution in [-0.2, 0) is 5.88 Å². The Balaban J connectivity index is 0.000000583. The van der Waals surface area contributed by atoms with Crippen molar-refractivity contribution in [3.05, 3.63) is 48.0 Å². The quantitative estimate of drug-likeness (QED) is 0.773. The number of alkyl halides is 1. The summed E-state index contributed by atoms with van der Waals surface area (Å²) >= 11 is 5.76. The van der Waals surface area contributed by atoms with Crippen LogP contribution in [0.15, 0.2) is 31.4 Å². The zero-order valence-corrected chi connectivity index (χ0v) is 10.1. The largest absolute Gasteiger partial charge is 0.323 e. The van der Waals surface area contributed by atoms with Crippen molar-refractivity contribution in [3.63, 3.8) is 0 Å². The van der Waals surface area contributed by atoms with Crippen molar-refractivity contribution < 1.29 is 0 Å². The average Bonchev–Trinajstić information content (AvgIpc) is 2.28. The predicted octanol–water partition coefficient (Wildman–Crippen LogP) is 3.55. The van der Waals surface area contributed by atoms with Crippen molar-refractivity contribution >= 4 is 23.8 Å². The Morgan fingerprint density at radius 2 is 1.87 bits per heavy atom. The summed E-state index contributed by atoms with van der Waals surface area (Å²) in [5, 5.41) is 2.75. The molecule has 0 atom stereocenters. The van der Waals surface area contributed by atoms with E-state index in [2.05, 4.69) is 18.5 Å². The smallest absolute Gasteiger partial charge is 0.0480 e. The SMILES string of the molecule is C=Cc1cccc(CCl)c1C=C.CNC. The second kappa shape index (κ2) is 8.27. The van der Waals surface area contributed by atoms with E-state index in [1.54, 1.807) is 0 Å². The Kier molecular flexibility index (Phi) is 7.69. The summed E-state index contributed by atoms with van der Waals surface area (Å²) in [6.07, 6.45) is 3.63. The van der Waals surface area contributed by atoms with E-state index < -0.39 is 0 Å². The van der Waals surface area contributed by atoms with Gasteiger partial charge in [0.15, 0.2) is 0 Å². The van der Waals surface area contributed by atoms with Gasteiger partial charge in [-0.15, -0.1) is 11.6 Å². The molecule has 1 rings (SSSR count). The zero-order valence-electron chi connectivity index (χ0n) is 9.39. The number of hydrogen-bond donors (Lipinski definition) is 1. The molecule has 1 nitrogen and oxygen atoms in total. The van der Waals surface area contributed by atoms with E-state index in [4.69, 9.17) is 11.6 Å². The summed E-state index contributed by atoms with van der Waals surface area (Å²) in [5.74, 6) is 0.517. The molecule has 0 aliphatic carbocycles. The minimum Gasteiger partial charge on any atom is -0.323 e. The van der Waals surface area contributed by atoms with Crippen LogP contribution < -0.4 is 5.32 Å². The van der Waals surface area contributed by atoms with Gasteiger partial charge in [-0.2, -0.15) is 0 Å². The second-order valence-electron chi connectivity index (χ2n) is 2.96. The highest BCUT2D eigenvalue weighted by molar-refractivity contribution is 6.17. The third-order valence-electron chi connectivity index (χ3n) is 1.80. The van der Waals surface area contributed by atoms with Gasteiger partial charge in [-0.3, -0.25) is 0 Å². The van der Waals surface area contributed by atoms with E-state index in [0.29, 0.717) is 5.88 Å². The standard InChI is InChI=1S/C11H11Cl.C2H7N/c1-3-9-6-5-7-10(8-12)11(9)4-2;1-3-2/h3-7H,1-2,8H2;3H,1-2H3. The highest BCUT2D eigenvalue weighted by Crippen LogP contribution is 2.18. The number of rotatable bonds is 3. The lowest BCUT2D eigenvalue weighted by molar-refractivity contribution is 1.02. The highest BCUT2D eigenvalue weighted by atomic mass is 35.5. The zero-order chi connectivity index (χ0) is 11.7. The normalized spacial score (nSPS) is 8.73. The fraction of sp³-hybridized carbons (Fsp3) is 0.231. The Labute approximate surface area is 97.5 Å².